The van der Waals surface area contributed by atoms with E-state index in [9.17, 15) is 51.1 Å². The topological polar surface area (TPSA) is 285 Å². The molecule has 248 valence electrons. The number of hydrogen-bond donors (Lipinski definition) is 10. The molecular formula is C24H38O19. The first-order chi connectivity index (χ1) is 20.5. The Hall–Kier alpha value is -0.760. The second kappa shape index (κ2) is 12.8. The summed E-state index contributed by atoms with van der Waals surface area (Å²) in [5.41, 5.74) is 0. The fourth-order valence-corrected chi connectivity index (χ4v) is 6.28. The van der Waals surface area contributed by atoms with Crippen LogP contribution in [0.4, 0.5) is 0 Å². The normalized spacial score (nSPS) is 56.8. The van der Waals surface area contributed by atoms with Crippen molar-refractivity contribution in [3.8, 4) is 0 Å². The Balaban J connectivity index is 1.12. The van der Waals surface area contributed by atoms with Gasteiger partial charge in [-0.3, -0.25) is 0 Å². The lowest BCUT2D eigenvalue weighted by Crippen LogP contribution is -2.65. The molecule has 6 heterocycles. The largest absolute Gasteiger partial charge is 0.394 e. The lowest BCUT2D eigenvalue weighted by atomic mass is 9.96. The van der Waals surface area contributed by atoms with Crippen molar-refractivity contribution < 1.29 is 93.7 Å². The van der Waals surface area contributed by atoms with E-state index in [0.717, 1.165) is 0 Å². The predicted octanol–water partition coefficient (Wildman–Crippen LogP) is -7.66. The van der Waals surface area contributed by atoms with Crippen LogP contribution in [0.15, 0.2) is 0 Å². The Morgan fingerprint density at radius 1 is 0.465 bits per heavy atom. The molecule has 0 saturated carbocycles. The minimum atomic E-state index is -1.72. The molecule has 6 saturated heterocycles. The monoisotopic (exact) mass is 630 g/mol. The standard InChI is InChI=1S/C24H38O19/c25-1-5-9(27)11(29)12(30)22(38-5)41-17-8-4-36-20(17)15(33)24(40-8)43-18-10(28)6(2-26)39-23(14(18)32)42-16-7-3-35-19(16)13(31)21(34)37-7/h5-34H,1-4H2. The first-order valence-corrected chi connectivity index (χ1v) is 14.0. The van der Waals surface area contributed by atoms with Gasteiger partial charge in [-0.05, 0) is 0 Å². The quantitative estimate of drug-likeness (QED) is 0.119. The number of fused-ring (bicyclic) bond motifs is 4. The van der Waals surface area contributed by atoms with Gasteiger partial charge in [-0.15, -0.1) is 0 Å². The summed E-state index contributed by atoms with van der Waals surface area (Å²) in [6, 6.07) is 0. The fourth-order valence-electron chi connectivity index (χ4n) is 6.28. The molecule has 0 aromatic carbocycles. The minimum Gasteiger partial charge on any atom is -0.394 e. The van der Waals surface area contributed by atoms with E-state index in [2.05, 4.69) is 0 Å². The second-order valence-corrected chi connectivity index (χ2v) is 11.4. The van der Waals surface area contributed by atoms with E-state index >= 15 is 0 Å². The molecular weight excluding hydrogens is 592 g/mol. The van der Waals surface area contributed by atoms with Gasteiger partial charge in [0.05, 0.1) is 26.4 Å². The highest BCUT2D eigenvalue weighted by atomic mass is 16.8. The Morgan fingerprint density at radius 2 is 0.953 bits per heavy atom. The van der Waals surface area contributed by atoms with Crippen LogP contribution in [-0.2, 0) is 42.6 Å². The van der Waals surface area contributed by atoms with Crippen LogP contribution in [0.2, 0.25) is 0 Å². The summed E-state index contributed by atoms with van der Waals surface area (Å²) in [6.45, 7) is -1.51. The van der Waals surface area contributed by atoms with Crippen LogP contribution >= 0.6 is 0 Å². The van der Waals surface area contributed by atoms with E-state index in [4.69, 9.17) is 42.6 Å². The summed E-state index contributed by atoms with van der Waals surface area (Å²) in [5, 5.41) is 103. The number of ether oxygens (including phenoxy) is 9. The summed E-state index contributed by atoms with van der Waals surface area (Å²) in [4.78, 5) is 0. The van der Waals surface area contributed by atoms with Gasteiger partial charge >= 0.3 is 0 Å². The second-order valence-electron chi connectivity index (χ2n) is 11.4. The molecule has 6 aliphatic rings. The lowest BCUT2D eigenvalue weighted by Gasteiger charge is -2.47. The molecule has 20 unspecified atom stereocenters. The average molecular weight is 631 g/mol. The van der Waals surface area contributed by atoms with Crippen molar-refractivity contribution in [3.05, 3.63) is 0 Å². The first kappa shape index (κ1) is 32.2. The predicted molar refractivity (Wildman–Crippen MR) is 127 cm³/mol. The van der Waals surface area contributed by atoms with Gasteiger partial charge < -0.3 is 93.7 Å². The minimum absolute atomic E-state index is 0.0184. The summed E-state index contributed by atoms with van der Waals surface area (Å²) in [5.74, 6) is 0. The number of rotatable bonds is 8. The maximum absolute atomic E-state index is 11.1. The van der Waals surface area contributed by atoms with Crippen LogP contribution in [0, 0.1) is 0 Å². The highest BCUT2D eigenvalue weighted by Crippen LogP contribution is 2.38. The lowest BCUT2D eigenvalue weighted by molar-refractivity contribution is -0.372. The zero-order valence-corrected chi connectivity index (χ0v) is 22.5. The highest BCUT2D eigenvalue weighted by Gasteiger charge is 2.58. The summed E-state index contributed by atoms with van der Waals surface area (Å²) < 4.78 is 50.5. The van der Waals surface area contributed by atoms with Crippen molar-refractivity contribution in [1.29, 1.82) is 0 Å². The van der Waals surface area contributed by atoms with Gasteiger partial charge in [-0.2, -0.15) is 0 Å². The van der Waals surface area contributed by atoms with Crippen molar-refractivity contribution in [2.45, 2.75) is 123 Å². The molecule has 0 spiro atoms. The van der Waals surface area contributed by atoms with Gasteiger partial charge in [0.25, 0.3) is 0 Å². The molecule has 43 heavy (non-hydrogen) atoms. The third-order valence-corrected chi connectivity index (χ3v) is 8.70. The van der Waals surface area contributed by atoms with E-state index in [-0.39, 0.29) is 13.2 Å². The molecule has 19 nitrogen and oxygen atoms in total. The van der Waals surface area contributed by atoms with E-state index in [1.807, 2.05) is 0 Å². The van der Waals surface area contributed by atoms with E-state index in [1.165, 1.54) is 0 Å². The smallest absolute Gasteiger partial charge is 0.187 e. The van der Waals surface area contributed by atoms with Crippen molar-refractivity contribution >= 4 is 0 Å². The third kappa shape index (κ3) is 5.73. The number of aliphatic hydroxyl groups is 10. The van der Waals surface area contributed by atoms with Crippen molar-refractivity contribution in [1.82, 2.24) is 0 Å². The van der Waals surface area contributed by atoms with Gasteiger partial charge in [-0.25, -0.2) is 0 Å². The molecule has 0 aromatic rings. The van der Waals surface area contributed by atoms with Gasteiger partial charge in [0.1, 0.15) is 97.7 Å². The molecule has 20 atom stereocenters. The van der Waals surface area contributed by atoms with Crippen LogP contribution in [0.1, 0.15) is 0 Å². The zero-order valence-electron chi connectivity index (χ0n) is 22.5. The SMILES string of the molecule is OCC1OC(OC2C3COC2C(O)C(OC2C(O)C(CO)OC(OC4C5COC4C(O)C(O)O5)C2O)O3)C(O)C(O)C1O. The molecule has 6 rings (SSSR count). The maximum Gasteiger partial charge on any atom is 0.187 e. The molecule has 0 aliphatic carbocycles. The van der Waals surface area contributed by atoms with Crippen LogP contribution in [-0.4, -0.2) is 200 Å². The molecule has 6 aliphatic heterocycles. The van der Waals surface area contributed by atoms with E-state index < -0.39 is 136 Å². The Kier molecular flexibility index (Phi) is 9.58. The highest BCUT2D eigenvalue weighted by molar-refractivity contribution is 5.01. The van der Waals surface area contributed by atoms with Crippen molar-refractivity contribution in [2.24, 2.45) is 0 Å². The van der Waals surface area contributed by atoms with Crippen molar-refractivity contribution in [3.63, 3.8) is 0 Å². The number of hydrogen-bond acceptors (Lipinski definition) is 19. The van der Waals surface area contributed by atoms with Gasteiger partial charge in [0, 0.05) is 0 Å². The average Bonchev–Trinajstić information content (AvgIpc) is 3.48. The summed E-state index contributed by atoms with van der Waals surface area (Å²) in [6.07, 6.45) is -27.5. The first-order valence-electron chi connectivity index (χ1n) is 14.0. The Bertz CT molecular complexity index is 944. The van der Waals surface area contributed by atoms with Gasteiger partial charge in [-0.1, -0.05) is 0 Å². The van der Waals surface area contributed by atoms with Crippen LogP contribution < -0.4 is 0 Å². The molecule has 0 amide bonds. The summed E-state index contributed by atoms with van der Waals surface area (Å²) in [7, 11) is 0. The van der Waals surface area contributed by atoms with E-state index in [1.54, 1.807) is 0 Å². The van der Waals surface area contributed by atoms with Crippen LogP contribution in [0.25, 0.3) is 0 Å². The molecule has 19 heteroatoms. The summed E-state index contributed by atoms with van der Waals surface area (Å²) >= 11 is 0. The Morgan fingerprint density at radius 3 is 1.56 bits per heavy atom. The van der Waals surface area contributed by atoms with Gasteiger partial charge in [0.15, 0.2) is 25.2 Å². The molecule has 0 radical (unpaired) electrons. The zero-order chi connectivity index (χ0) is 30.7. The molecule has 10 N–H and O–H groups in total. The fraction of sp³-hybridized carbons (Fsp3) is 1.00. The number of aliphatic hydroxyl groups excluding tert-OH is 10. The Labute approximate surface area is 243 Å². The van der Waals surface area contributed by atoms with Crippen LogP contribution in [0.5, 0.6) is 0 Å². The van der Waals surface area contributed by atoms with Gasteiger partial charge in [0.2, 0.25) is 0 Å². The maximum atomic E-state index is 11.1. The molecule has 0 aromatic heterocycles. The van der Waals surface area contributed by atoms with E-state index in [0.29, 0.717) is 0 Å². The molecule has 4 bridgehead atoms. The molecule has 6 fully saturated rings. The van der Waals surface area contributed by atoms with Crippen LogP contribution in [0.3, 0.4) is 0 Å². The van der Waals surface area contributed by atoms with Crippen molar-refractivity contribution in [2.75, 3.05) is 26.4 Å². The third-order valence-electron chi connectivity index (χ3n) is 8.70.